The van der Waals surface area contributed by atoms with Crippen LogP contribution in [0.25, 0.3) is 0 Å². The minimum Gasteiger partial charge on any atom is -0.467 e. The topological polar surface area (TPSA) is 124 Å². The number of anilines is 3. The fourth-order valence-corrected chi connectivity index (χ4v) is 4.85. The number of fused-ring (bicyclic) bond motifs is 1. The van der Waals surface area contributed by atoms with Crippen LogP contribution in [0.3, 0.4) is 0 Å². The van der Waals surface area contributed by atoms with Crippen LogP contribution in [0.4, 0.5) is 22.5 Å². The molecule has 2 fully saturated rings. The Kier molecular flexibility index (Phi) is 4.83. The molecule has 1 aliphatic carbocycles. The van der Waals surface area contributed by atoms with Gasteiger partial charge in [-0.2, -0.15) is 20.1 Å². The minimum atomic E-state index is -0.541. The Morgan fingerprint density at radius 1 is 1.20 bits per heavy atom. The van der Waals surface area contributed by atoms with Crippen LogP contribution in [0.2, 0.25) is 0 Å². The normalized spacial score (nSPS) is 23.6. The predicted octanol–water partition coefficient (Wildman–Crippen LogP) is 2.87. The van der Waals surface area contributed by atoms with Gasteiger partial charge in [-0.05, 0) is 32.8 Å². The second kappa shape index (κ2) is 7.82. The standard InChI is InChI=1S/C24H29N9O2/c1-13-11-32(13)21-27-20(28-22(29-21)35-4)26-19-16-12-33(24(2,3)18(16)30-31-19)23(34)25-17-10-15(17)14-8-6-5-7-9-14/h5-9,13,15,17H,10-12H2,1-4H3,(H,25,34)(H2,26,27,28,29,30,31)/t13?,15-,17+,32?/m1/s1. The molecule has 0 spiro atoms. The molecule has 2 aromatic heterocycles. The van der Waals surface area contributed by atoms with Gasteiger partial charge in [0.25, 0.3) is 0 Å². The van der Waals surface area contributed by atoms with E-state index in [-0.39, 0.29) is 18.1 Å². The number of aromatic amines is 1. The van der Waals surface area contributed by atoms with E-state index in [1.807, 2.05) is 36.9 Å². The zero-order chi connectivity index (χ0) is 24.3. The van der Waals surface area contributed by atoms with Gasteiger partial charge in [-0.1, -0.05) is 30.3 Å². The van der Waals surface area contributed by atoms with E-state index in [9.17, 15) is 4.79 Å². The van der Waals surface area contributed by atoms with Crippen LogP contribution in [0.15, 0.2) is 30.3 Å². The van der Waals surface area contributed by atoms with Crippen LogP contribution in [0.5, 0.6) is 6.01 Å². The highest BCUT2D eigenvalue weighted by Crippen LogP contribution is 2.43. The molecule has 6 rings (SSSR count). The van der Waals surface area contributed by atoms with Gasteiger partial charge < -0.3 is 25.2 Å². The van der Waals surface area contributed by atoms with Gasteiger partial charge in [0.15, 0.2) is 5.82 Å². The van der Waals surface area contributed by atoms with Crippen molar-refractivity contribution in [3.05, 3.63) is 47.2 Å². The summed E-state index contributed by atoms with van der Waals surface area (Å²) in [5.41, 5.74) is 2.54. The second-order valence-electron chi connectivity index (χ2n) is 9.95. The zero-order valence-electron chi connectivity index (χ0n) is 20.2. The van der Waals surface area contributed by atoms with E-state index < -0.39 is 5.54 Å². The Hall–Kier alpha value is -3.89. The minimum absolute atomic E-state index is 0.0754. The maximum absolute atomic E-state index is 13.3. The quantitative estimate of drug-likeness (QED) is 0.465. The van der Waals surface area contributed by atoms with Crippen molar-refractivity contribution >= 4 is 23.7 Å². The number of carbonyl (C=O) groups excluding carboxylic acids is 1. The maximum Gasteiger partial charge on any atom is 0.322 e. The highest BCUT2D eigenvalue weighted by Gasteiger charge is 2.47. The van der Waals surface area contributed by atoms with E-state index in [1.54, 1.807) is 0 Å². The smallest absolute Gasteiger partial charge is 0.322 e. The summed E-state index contributed by atoms with van der Waals surface area (Å²) in [6, 6.07) is 11.0. The molecule has 1 saturated heterocycles. The molecule has 2 amide bonds. The van der Waals surface area contributed by atoms with E-state index in [2.05, 4.69) is 59.7 Å². The summed E-state index contributed by atoms with van der Waals surface area (Å²) in [6.07, 6.45) is 0.961. The van der Waals surface area contributed by atoms with Gasteiger partial charge in [0.05, 0.1) is 24.9 Å². The maximum atomic E-state index is 13.3. The monoisotopic (exact) mass is 475 g/mol. The number of nitrogens with zero attached hydrogens (tertiary/aromatic N) is 6. The molecule has 3 aromatic rings. The molecule has 1 aromatic carbocycles. The summed E-state index contributed by atoms with van der Waals surface area (Å²) in [5, 5.41) is 14.0. The van der Waals surface area contributed by atoms with Crippen molar-refractivity contribution in [3.8, 4) is 6.01 Å². The first-order valence-electron chi connectivity index (χ1n) is 11.9. The number of H-pyrrole nitrogens is 1. The average molecular weight is 476 g/mol. The number of amides is 2. The van der Waals surface area contributed by atoms with Crippen LogP contribution in [-0.4, -0.2) is 61.8 Å². The van der Waals surface area contributed by atoms with Crippen LogP contribution in [0.1, 0.15) is 49.9 Å². The Balaban J connectivity index is 1.18. The number of carbonyl (C=O) groups is 1. The van der Waals surface area contributed by atoms with Gasteiger partial charge in [-0.3, -0.25) is 5.10 Å². The lowest BCUT2D eigenvalue weighted by Crippen LogP contribution is -2.47. The molecule has 3 atom stereocenters. The summed E-state index contributed by atoms with van der Waals surface area (Å²) < 4.78 is 5.27. The fraction of sp³-hybridized carbons (Fsp3) is 0.458. The molecule has 4 heterocycles. The van der Waals surface area contributed by atoms with Crippen molar-refractivity contribution in [2.24, 2.45) is 0 Å². The Labute approximate surface area is 203 Å². The molecule has 11 heteroatoms. The van der Waals surface area contributed by atoms with Crippen molar-refractivity contribution in [1.82, 2.24) is 35.4 Å². The third-order valence-electron chi connectivity index (χ3n) is 7.17. The van der Waals surface area contributed by atoms with E-state index >= 15 is 0 Å². The van der Waals surface area contributed by atoms with Crippen molar-refractivity contribution in [3.63, 3.8) is 0 Å². The SMILES string of the molecule is COc1nc(Nc2n[nH]c3c2CN(C(=O)N[C@H]2C[C@@H]2c2ccccc2)C3(C)C)nc(N2CC2C)n1. The number of nitrogens with one attached hydrogen (secondary N) is 3. The van der Waals surface area contributed by atoms with Crippen molar-refractivity contribution in [2.45, 2.75) is 57.3 Å². The second-order valence-corrected chi connectivity index (χ2v) is 9.95. The van der Waals surface area contributed by atoms with Gasteiger partial charge in [0.2, 0.25) is 11.9 Å². The first-order chi connectivity index (χ1) is 16.8. The van der Waals surface area contributed by atoms with Gasteiger partial charge in [0.1, 0.15) is 0 Å². The Morgan fingerprint density at radius 3 is 2.69 bits per heavy atom. The summed E-state index contributed by atoms with van der Waals surface area (Å²) in [5.74, 6) is 1.89. The number of methoxy groups -OCH3 is 1. The van der Waals surface area contributed by atoms with Crippen molar-refractivity contribution in [2.75, 3.05) is 23.9 Å². The molecule has 0 bridgehead atoms. The molecule has 11 nitrogen and oxygen atoms in total. The van der Waals surface area contributed by atoms with E-state index in [1.165, 1.54) is 12.7 Å². The lowest BCUT2D eigenvalue weighted by atomic mass is 10.0. The molecule has 2 aliphatic heterocycles. The third-order valence-corrected chi connectivity index (χ3v) is 7.17. The number of hydrogen-bond donors (Lipinski definition) is 3. The van der Waals surface area contributed by atoms with E-state index in [0.717, 1.165) is 24.2 Å². The van der Waals surface area contributed by atoms with Crippen molar-refractivity contribution < 1.29 is 9.53 Å². The number of ether oxygens (including phenoxy) is 1. The summed E-state index contributed by atoms with van der Waals surface area (Å²) in [7, 11) is 1.53. The fourth-order valence-electron chi connectivity index (χ4n) is 4.85. The van der Waals surface area contributed by atoms with Gasteiger partial charge in [-0.25, -0.2) is 4.79 Å². The number of hydrogen-bond acceptors (Lipinski definition) is 8. The average Bonchev–Trinajstić information content (AvgIpc) is 3.72. The lowest BCUT2D eigenvalue weighted by molar-refractivity contribution is 0.142. The molecule has 35 heavy (non-hydrogen) atoms. The molecule has 0 radical (unpaired) electrons. The third kappa shape index (κ3) is 3.80. The lowest BCUT2D eigenvalue weighted by Gasteiger charge is -2.32. The summed E-state index contributed by atoms with van der Waals surface area (Å²) in [6.45, 7) is 7.47. The van der Waals surface area contributed by atoms with Crippen LogP contribution in [-0.2, 0) is 12.1 Å². The van der Waals surface area contributed by atoms with Crippen LogP contribution in [0, 0.1) is 0 Å². The molecule has 3 N–H and O–H groups in total. The highest BCUT2D eigenvalue weighted by atomic mass is 16.5. The number of rotatable bonds is 6. The molecular weight excluding hydrogens is 446 g/mol. The first-order valence-corrected chi connectivity index (χ1v) is 11.9. The molecular formula is C24H29N9O2. The van der Waals surface area contributed by atoms with Crippen LogP contribution < -0.4 is 20.3 Å². The Morgan fingerprint density at radius 2 is 1.97 bits per heavy atom. The summed E-state index contributed by atoms with van der Waals surface area (Å²) >= 11 is 0. The number of benzene rings is 1. The highest BCUT2D eigenvalue weighted by molar-refractivity contribution is 5.78. The van der Waals surface area contributed by atoms with Crippen LogP contribution >= 0.6 is 0 Å². The van der Waals surface area contributed by atoms with Crippen molar-refractivity contribution in [1.29, 1.82) is 0 Å². The van der Waals surface area contributed by atoms with Gasteiger partial charge in [-0.15, -0.1) is 0 Å². The van der Waals surface area contributed by atoms with Gasteiger partial charge >= 0.3 is 12.0 Å². The first kappa shape index (κ1) is 21.6. The summed E-state index contributed by atoms with van der Waals surface area (Å²) in [4.78, 5) is 30.4. The largest absolute Gasteiger partial charge is 0.467 e. The molecule has 182 valence electrons. The van der Waals surface area contributed by atoms with E-state index in [0.29, 0.717) is 36.2 Å². The number of urea groups is 1. The molecule has 1 unspecified atom stereocenters. The molecule has 1 saturated carbocycles. The zero-order valence-corrected chi connectivity index (χ0v) is 20.2. The number of aromatic nitrogens is 5. The van der Waals surface area contributed by atoms with Gasteiger partial charge in [0, 0.05) is 30.1 Å². The Bertz CT molecular complexity index is 1280. The predicted molar refractivity (Wildman–Crippen MR) is 130 cm³/mol. The van der Waals surface area contributed by atoms with E-state index in [4.69, 9.17) is 4.74 Å². The molecule has 3 aliphatic rings.